The van der Waals surface area contributed by atoms with Gasteiger partial charge < -0.3 is 5.73 Å². The Morgan fingerprint density at radius 2 is 2.00 bits per heavy atom. The van der Waals surface area contributed by atoms with Crippen molar-refractivity contribution >= 4 is 27.6 Å². The SMILES string of the molecule is NC1=C[C@@H]2C=c3cc(Br)ccc3=C2C=C1. The largest absolute Gasteiger partial charge is 0.399 e. The zero-order valence-electron chi connectivity index (χ0n) is 8.07. The molecule has 2 N–H and O–H groups in total. The summed E-state index contributed by atoms with van der Waals surface area (Å²) in [4.78, 5) is 0. The minimum absolute atomic E-state index is 0.360. The molecule has 0 saturated heterocycles. The number of nitrogens with two attached hydrogens (primary N) is 1. The van der Waals surface area contributed by atoms with Gasteiger partial charge in [0.2, 0.25) is 0 Å². The molecule has 74 valence electrons. The van der Waals surface area contributed by atoms with Gasteiger partial charge in [0.1, 0.15) is 0 Å². The molecule has 3 rings (SSSR count). The van der Waals surface area contributed by atoms with Gasteiger partial charge in [0.15, 0.2) is 0 Å². The van der Waals surface area contributed by atoms with Crippen LogP contribution in [0.2, 0.25) is 0 Å². The van der Waals surface area contributed by atoms with Crippen LogP contribution in [-0.4, -0.2) is 0 Å². The molecule has 2 heteroatoms. The van der Waals surface area contributed by atoms with Gasteiger partial charge >= 0.3 is 0 Å². The van der Waals surface area contributed by atoms with E-state index in [4.69, 9.17) is 5.73 Å². The van der Waals surface area contributed by atoms with Crippen molar-refractivity contribution in [3.05, 3.63) is 57.0 Å². The molecule has 1 aromatic rings. The first-order valence-corrected chi connectivity index (χ1v) is 5.70. The van der Waals surface area contributed by atoms with Crippen LogP contribution >= 0.6 is 15.9 Å². The van der Waals surface area contributed by atoms with E-state index >= 15 is 0 Å². The van der Waals surface area contributed by atoms with Crippen molar-refractivity contribution in [3.8, 4) is 0 Å². The molecule has 0 aromatic heterocycles. The summed E-state index contributed by atoms with van der Waals surface area (Å²) in [6.45, 7) is 0. The van der Waals surface area contributed by atoms with Crippen LogP contribution in [0.3, 0.4) is 0 Å². The molecule has 0 amide bonds. The van der Waals surface area contributed by atoms with Gasteiger partial charge in [-0.25, -0.2) is 0 Å². The summed E-state index contributed by atoms with van der Waals surface area (Å²) >= 11 is 3.49. The standard InChI is InChI=1S/C13H10BrN/c14-10-1-3-12-8(6-10)5-9-7-11(15)2-4-13(9)12/h1-7,9H,15H2/t9-/m0/s1. The van der Waals surface area contributed by atoms with Gasteiger partial charge in [0, 0.05) is 16.1 Å². The molecular formula is C13H10BrN. The third-order valence-corrected chi connectivity index (χ3v) is 3.36. The van der Waals surface area contributed by atoms with Gasteiger partial charge in [-0.05, 0) is 34.2 Å². The molecule has 0 saturated carbocycles. The Morgan fingerprint density at radius 3 is 2.87 bits per heavy atom. The van der Waals surface area contributed by atoms with Crippen LogP contribution in [-0.2, 0) is 0 Å². The van der Waals surface area contributed by atoms with Crippen LogP contribution in [0.5, 0.6) is 0 Å². The minimum Gasteiger partial charge on any atom is -0.399 e. The van der Waals surface area contributed by atoms with Crippen molar-refractivity contribution < 1.29 is 0 Å². The first-order chi connectivity index (χ1) is 7.24. The maximum absolute atomic E-state index is 5.79. The zero-order valence-corrected chi connectivity index (χ0v) is 9.66. The average Bonchev–Trinajstić information content (AvgIpc) is 2.53. The van der Waals surface area contributed by atoms with E-state index in [9.17, 15) is 0 Å². The number of rotatable bonds is 0. The number of hydrogen-bond acceptors (Lipinski definition) is 1. The first-order valence-electron chi connectivity index (χ1n) is 4.91. The van der Waals surface area contributed by atoms with Crippen molar-refractivity contribution in [1.29, 1.82) is 0 Å². The summed E-state index contributed by atoms with van der Waals surface area (Å²) in [5, 5.41) is 2.61. The predicted octanol–water partition coefficient (Wildman–Crippen LogP) is 1.42. The number of halogens is 1. The molecule has 1 atom stereocenters. The van der Waals surface area contributed by atoms with Gasteiger partial charge in [0.05, 0.1) is 0 Å². The lowest BCUT2D eigenvalue weighted by atomic mass is 9.95. The number of allylic oxidation sites excluding steroid dienone is 3. The Labute approximate surface area is 96.4 Å². The second-order valence-corrected chi connectivity index (χ2v) is 4.80. The second kappa shape index (κ2) is 3.11. The fourth-order valence-corrected chi connectivity index (χ4v) is 2.56. The van der Waals surface area contributed by atoms with Crippen molar-refractivity contribution in [3.63, 3.8) is 0 Å². The number of hydrogen-bond donors (Lipinski definition) is 1. The van der Waals surface area contributed by atoms with Gasteiger partial charge in [0.25, 0.3) is 0 Å². The van der Waals surface area contributed by atoms with E-state index in [1.807, 2.05) is 6.08 Å². The quantitative estimate of drug-likeness (QED) is 0.750. The van der Waals surface area contributed by atoms with E-state index in [1.54, 1.807) is 0 Å². The van der Waals surface area contributed by atoms with E-state index in [2.05, 4.69) is 52.4 Å². The molecule has 2 aliphatic rings. The molecule has 2 aliphatic carbocycles. The molecule has 0 heterocycles. The Balaban J connectivity index is 2.34. The Kier molecular flexibility index (Phi) is 1.86. The Bertz CT molecular complexity index is 608. The lowest BCUT2D eigenvalue weighted by Crippen LogP contribution is -2.22. The molecule has 0 radical (unpaired) electrons. The van der Waals surface area contributed by atoms with Crippen LogP contribution < -0.4 is 16.2 Å². The van der Waals surface area contributed by atoms with E-state index < -0.39 is 0 Å². The lowest BCUT2D eigenvalue weighted by Gasteiger charge is -2.11. The maximum Gasteiger partial charge on any atom is 0.0282 e. The Morgan fingerprint density at radius 1 is 1.13 bits per heavy atom. The summed E-state index contributed by atoms with van der Waals surface area (Å²) in [6, 6.07) is 6.39. The highest BCUT2D eigenvalue weighted by Gasteiger charge is 2.16. The molecule has 0 fully saturated rings. The van der Waals surface area contributed by atoms with Gasteiger partial charge in [-0.3, -0.25) is 0 Å². The monoisotopic (exact) mass is 259 g/mol. The van der Waals surface area contributed by atoms with Crippen LogP contribution in [0, 0.1) is 5.92 Å². The lowest BCUT2D eigenvalue weighted by molar-refractivity contribution is 1.13. The van der Waals surface area contributed by atoms with Crippen molar-refractivity contribution in [1.82, 2.24) is 0 Å². The second-order valence-electron chi connectivity index (χ2n) is 3.88. The molecule has 0 bridgehead atoms. The highest BCUT2D eigenvalue weighted by atomic mass is 79.9. The van der Waals surface area contributed by atoms with Gasteiger partial charge in [-0.15, -0.1) is 0 Å². The van der Waals surface area contributed by atoms with Crippen LogP contribution in [0.15, 0.2) is 46.6 Å². The first kappa shape index (κ1) is 8.98. The van der Waals surface area contributed by atoms with E-state index in [0.717, 1.165) is 10.2 Å². The molecule has 0 spiro atoms. The van der Waals surface area contributed by atoms with Crippen LogP contribution in [0.25, 0.3) is 11.6 Å². The van der Waals surface area contributed by atoms with Gasteiger partial charge in [-0.2, -0.15) is 0 Å². The highest BCUT2D eigenvalue weighted by molar-refractivity contribution is 9.10. The number of benzene rings is 1. The minimum atomic E-state index is 0.360. The van der Waals surface area contributed by atoms with Crippen LogP contribution in [0.4, 0.5) is 0 Å². The molecule has 0 unspecified atom stereocenters. The van der Waals surface area contributed by atoms with E-state index in [0.29, 0.717) is 5.92 Å². The van der Waals surface area contributed by atoms with Crippen molar-refractivity contribution in [2.75, 3.05) is 0 Å². The van der Waals surface area contributed by atoms with E-state index in [-0.39, 0.29) is 0 Å². The van der Waals surface area contributed by atoms with Gasteiger partial charge in [-0.1, -0.05) is 40.2 Å². The fraction of sp³-hybridized carbons (Fsp3) is 0.0769. The third-order valence-electron chi connectivity index (χ3n) is 2.87. The summed E-state index contributed by atoms with van der Waals surface area (Å²) in [7, 11) is 0. The fourth-order valence-electron chi connectivity index (χ4n) is 2.18. The molecule has 1 aromatic carbocycles. The zero-order chi connectivity index (χ0) is 10.4. The third kappa shape index (κ3) is 1.37. The topological polar surface area (TPSA) is 26.0 Å². The predicted molar refractivity (Wildman–Crippen MR) is 66.2 cm³/mol. The molecule has 0 aliphatic heterocycles. The normalized spacial score (nSPS) is 21.8. The molecule has 1 nitrogen and oxygen atoms in total. The molecular weight excluding hydrogens is 250 g/mol. The molecule has 15 heavy (non-hydrogen) atoms. The summed E-state index contributed by atoms with van der Waals surface area (Å²) in [5.74, 6) is 0.360. The average molecular weight is 260 g/mol. The smallest absolute Gasteiger partial charge is 0.0282 e. The summed E-state index contributed by atoms with van der Waals surface area (Å²) < 4.78 is 1.12. The van der Waals surface area contributed by atoms with Crippen molar-refractivity contribution in [2.24, 2.45) is 11.7 Å². The van der Waals surface area contributed by atoms with E-state index in [1.165, 1.54) is 16.0 Å². The summed E-state index contributed by atoms with van der Waals surface area (Å²) in [5.41, 5.74) is 7.99. The number of fused-ring (bicyclic) bond motifs is 2. The van der Waals surface area contributed by atoms with Crippen LogP contribution in [0.1, 0.15) is 0 Å². The van der Waals surface area contributed by atoms with Crippen molar-refractivity contribution in [2.45, 2.75) is 0 Å². The Hall–Kier alpha value is -1.28. The highest BCUT2D eigenvalue weighted by Crippen LogP contribution is 2.24. The maximum atomic E-state index is 5.79. The summed E-state index contributed by atoms with van der Waals surface area (Å²) in [6.07, 6.45) is 8.45.